The lowest BCUT2D eigenvalue weighted by atomic mass is 9.94. The van der Waals surface area contributed by atoms with Gasteiger partial charge < -0.3 is 14.6 Å². The fourth-order valence-electron chi connectivity index (χ4n) is 2.99. The van der Waals surface area contributed by atoms with Crippen molar-refractivity contribution in [1.82, 2.24) is 10.2 Å². The van der Waals surface area contributed by atoms with Gasteiger partial charge in [-0.1, -0.05) is 19.3 Å². The molecule has 1 aliphatic carbocycles. The Labute approximate surface area is 117 Å². The van der Waals surface area contributed by atoms with Crippen molar-refractivity contribution in [1.29, 1.82) is 0 Å². The first-order valence-electron chi connectivity index (χ1n) is 7.74. The second kappa shape index (κ2) is 7.71. The first kappa shape index (κ1) is 14.6. The van der Waals surface area contributed by atoms with Gasteiger partial charge in [-0.2, -0.15) is 0 Å². The van der Waals surface area contributed by atoms with E-state index >= 15 is 0 Å². The van der Waals surface area contributed by atoms with E-state index in [0.29, 0.717) is 6.04 Å². The molecule has 3 nitrogen and oxygen atoms in total. The minimum Gasteiger partial charge on any atom is -0.468 e. The second-order valence-corrected chi connectivity index (χ2v) is 5.82. The van der Waals surface area contributed by atoms with Crippen molar-refractivity contribution < 1.29 is 4.42 Å². The van der Waals surface area contributed by atoms with E-state index in [9.17, 15) is 0 Å². The average Bonchev–Trinajstić information content (AvgIpc) is 2.98. The van der Waals surface area contributed by atoms with Crippen LogP contribution in [0.4, 0.5) is 0 Å². The lowest BCUT2D eigenvalue weighted by Crippen LogP contribution is -2.35. The zero-order chi connectivity index (χ0) is 13.5. The molecule has 2 rings (SSSR count). The van der Waals surface area contributed by atoms with Crippen molar-refractivity contribution in [3.8, 4) is 0 Å². The zero-order valence-corrected chi connectivity index (χ0v) is 12.4. The highest BCUT2D eigenvalue weighted by Crippen LogP contribution is 2.21. The number of furan rings is 1. The van der Waals surface area contributed by atoms with E-state index in [1.807, 2.05) is 12.1 Å². The minimum atomic E-state index is 0.315. The average molecular weight is 264 g/mol. The van der Waals surface area contributed by atoms with E-state index in [1.54, 1.807) is 6.26 Å². The SMILES string of the molecule is CC(NCCCN(C)C1CCCCC1)c1ccco1. The molecule has 0 aliphatic heterocycles. The Balaban J connectivity index is 1.58. The van der Waals surface area contributed by atoms with Crippen LogP contribution >= 0.6 is 0 Å². The number of hydrogen-bond donors (Lipinski definition) is 1. The van der Waals surface area contributed by atoms with Crippen LogP contribution in [0.5, 0.6) is 0 Å². The molecule has 0 amide bonds. The van der Waals surface area contributed by atoms with Gasteiger partial charge in [0.15, 0.2) is 0 Å². The monoisotopic (exact) mass is 264 g/mol. The molecule has 1 N–H and O–H groups in total. The van der Waals surface area contributed by atoms with Gasteiger partial charge in [0.1, 0.15) is 5.76 Å². The molecule has 1 atom stereocenters. The molecular formula is C16H28N2O. The van der Waals surface area contributed by atoms with E-state index in [1.165, 1.54) is 45.1 Å². The first-order chi connectivity index (χ1) is 9.27. The quantitative estimate of drug-likeness (QED) is 0.763. The molecule has 1 saturated carbocycles. The van der Waals surface area contributed by atoms with Crippen molar-refractivity contribution >= 4 is 0 Å². The number of nitrogens with one attached hydrogen (secondary N) is 1. The summed E-state index contributed by atoms with van der Waals surface area (Å²) in [7, 11) is 2.28. The summed E-state index contributed by atoms with van der Waals surface area (Å²) in [4.78, 5) is 2.55. The molecule has 0 aromatic carbocycles. The highest BCUT2D eigenvalue weighted by atomic mass is 16.3. The van der Waals surface area contributed by atoms with Crippen LogP contribution < -0.4 is 5.32 Å². The van der Waals surface area contributed by atoms with Crippen molar-refractivity contribution in [2.24, 2.45) is 0 Å². The molecule has 0 bridgehead atoms. The van der Waals surface area contributed by atoms with Gasteiger partial charge in [0, 0.05) is 6.04 Å². The first-order valence-corrected chi connectivity index (χ1v) is 7.74. The van der Waals surface area contributed by atoms with E-state index in [4.69, 9.17) is 4.42 Å². The lowest BCUT2D eigenvalue weighted by Gasteiger charge is -2.31. The molecule has 1 aromatic rings. The topological polar surface area (TPSA) is 28.4 Å². The highest BCUT2D eigenvalue weighted by Gasteiger charge is 2.17. The summed E-state index contributed by atoms with van der Waals surface area (Å²) < 4.78 is 5.40. The predicted molar refractivity (Wildman–Crippen MR) is 79.2 cm³/mol. The Hall–Kier alpha value is -0.800. The van der Waals surface area contributed by atoms with Crippen LogP contribution in [0.1, 0.15) is 57.3 Å². The number of nitrogens with zero attached hydrogens (tertiary/aromatic N) is 1. The Morgan fingerprint density at radius 2 is 2.16 bits per heavy atom. The van der Waals surface area contributed by atoms with Gasteiger partial charge >= 0.3 is 0 Å². The smallest absolute Gasteiger partial charge is 0.120 e. The third-order valence-electron chi connectivity index (χ3n) is 4.31. The predicted octanol–water partition coefficient (Wildman–Crippen LogP) is 3.58. The van der Waals surface area contributed by atoms with Gasteiger partial charge in [-0.25, -0.2) is 0 Å². The van der Waals surface area contributed by atoms with Gasteiger partial charge in [0.2, 0.25) is 0 Å². The van der Waals surface area contributed by atoms with Crippen molar-refractivity contribution in [3.63, 3.8) is 0 Å². The standard InChI is InChI=1S/C16H28N2O/c1-14(16-10-6-13-19-16)17-11-7-12-18(2)15-8-4-3-5-9-15/h6,10,13-15,17H,3-5,7-9,11-12H2,1-2H3. The molecule has 1 unspecified atom stereocenters. The van der Waals surface area contributed by atoms with Crippen molar-refractivity contribution in [3.05, 3.63) is 24.2 Å². The molecule has 1 aliphatic rings. The van der Waals surface area contributed by atoms with Crippen LogP contribution in [0.2, 0.25) is 0 Å². The minimum absolute atomic E-state index is 0.315. The molecule has 3 heteroatoms. The molecule has 0 radical (unpaired) electrons. The third kappa shape index (κ3) is 4.66. The van der Waals surface area contributed by atoms with Crippen LogP contribution in [0, 0.1) is 0 Å². The fourth-order valence-corrected chi connectivity index (χ4v) is 2.99. The molecular weight excluding hydrogens is 236 g/mol. The summed E-state index contributed by atoms with van der Waals surface area (Å²) in [5, 5.41) is 3.52. The number of hydrogen-bond acceptors (Lipinski definition) is 3. The largest absolute Gasteiger partial charge is 0.468 e. The molecule has 0 spiro atoms. The highest BCUT2D eigenvalue weighted by molar-refractivity contribution is 5.02. The fraction of sp³-hybridized carbons (Fsp3) is 0.750. The summed E-state index contributed by atoms with van der Waals surface area (Å²) in [6.45, 7) is 4.41. The van der Waals surface area contributed by atoms with Crippen LogP contribution in [0.3, 0.4) is 0 Å². The van der Waals surface area contributed by atoms with Gasteiger partial charge in [0.05, 0.1) is 12.3 Å². The van der Waals surface area contributed by atoms with E-state index in [-0.39, 0.29) is 0 Å². The molecule has 1 heterocycles. The summed E-state index contributed by atoms with van der Waals surface area (Å²) in [6.07, 6.45) is 10.0. The Kier molecular flexibility index (Phi) is 5.93. The van der Waals surface area contributed by atoms with Crippen LogP contribution in [0.25, 0.3) is 0 Å². The lowest BCUT2D eigenvalue weighted by molar-refractivity contribution is 0.189. The summed E-state index contributed by atoms with van der Waals surface area (Å²) in [6, 6.07) is 5.13. The molecule has 108 valence electrons. The van der Waals surface area contributed by atoms with Gasteiger partial charge in [0.25, 0.3) is 0 Å². The van der Waals surface area contributed by atoms with E-state index in [0.717, 1.165) is 18.3 Å². The van der Waals surface area contributed by atoms with Crippen molar-refractivity contribution in [2.75, 3.05) is 20.1 Å². The summed E-state index contributed by atoms with van der Waals surface area (Å²) >= 11 is 0. The molecule has 1 fully saturated rings. The van der Waals surface area contributed by atoms with Crippen LogP contribution in [-0.2, 0) is 0 Å². The Morgan fingerprint density at radius 3 is 2.84 bits per heavy atom. The van der Waals surface area contributed by atoms with Gasteiger partial charge in [-0.15, -0.1) is 0 Å². The summed E-state index contributed by atoms with van der Waals surface area (Å²) in [5.74, 6) is 1.03. The van der Waals surface area contributed by atoms with Gasteiger partial charge in [-0.3, -0.25) is 0 Å². The maximum Gasteiger partial charge on any atom is 0.120 e. The number of rotatable bonds is 7. The van der Waals surface area contributed by atoms with E-state index in [2.05, 4.69) is 24.2 Å². The molecule has 1 aromatic heterocycles. The summed E-state index contributed by atoms with van der Waals surface area (Å²) in [5.41, 5.74) is 0. The maximum absolute atomic E-state index is 5.40. The van der Waals surface area contributed by atoms with Crippen LogP contribution in [-0.4, -0.2) is 31.1 Å². The third-order valence-corrected chi connectivity index (χ3v) is 4.31. The zero-order valence-electron chi connectivity index (χ0n) is 12.4. The second-order valence-electron chi connectivity index (χ2n) is 5.82. The van der Waals surface area contributed by atoms with Crippen LogP contribution in [0.15, 0.2) is 22.8 Å². The normalized spacial score (nSPS) is 18.9. The van der Waals surface area contributed by atoms with Gasteiger partial charge in [-0.05, 0) is 58.5 Å². The Morgan fingerprint density at radius 1 is 1.37 bits per heavy atom. The Bertz CT molecular complexity index is 331. The maximum atomic E-state index is 5.40. The van der Waals surface area contributed by atoms with Crippen molar-refractivity contribution in [2.45, 2.75) is 57.5 Å². The molecule has 0 saturated heterocycles. The molecule has 19 heavy (non-hydrogen) atoms. The van der Waals surface area contributed by atoms with E-state index < -0.39 is 0 Å².